The molecule has 2 rings (SSSR count). The van der Waals surface area contributed by atoms with Gasteiger partial charge in [-0.1, -0.05) is 18.2 Å². The van der Waals surface area contributed by atoms with Gasteiger partial charge < -0.3 is 15.2 Å². The van der Waals surface area contributed by atoms with Gasteiger partial charge in [0.15, 0.2) is 5.96 Å². The third-order valence-corrected chi connectivity index (χ3v) is 3.27. The fourth-order valence-electron chi connectivity index (χ4n) is 2.33. The van der Waals surface area contributed by atoms with E-state index < -0.39 is 0 Å². The molecular formula is C17H26N4. The predicted molar refractivity (Wildman–Crippen MR) is 90.8 cm³/mol. The van der Waals surface area contributed by atoms with E-state index in [1.807, 2.05) is 0 Å². The standard InChI is InChI=1S/C17H26N4/c1-17(2,3)20-16(18-4)19-11-7-12-21-13-10-14-8-5-6-9-15(14)21/h5-6,8-10,13H,7,11-12H2,1-4H3,(H2,18,19,20). The molecule has 0 radical (unpaired) electrons. The third kappa shape index (κ3) is 4.52. The number of aromatic nitrogens is 1. The SMILES string of the molecule is CN=C(NCCCn1ccc2ccccc21)NC(C)(C)C. The Morgan fingerprint density at radius 2 is 1.95 bits per heavy atom. The maximum Gasteiger partial charge on any atom is 0.191 e. The summed E-state index contributed by atoms with van der Waals surface area (Å²) in [5.41, 5.74) is 1.33. The predicted octanol–water partition coefficient (Wildman–Crippen LogP) is 2.99. The van der Waals surface area contributed by atoms with Gasteiger partial charge in [0.2, 0.25) is 0 Å². The van der Waals surface area contributed by atoms with Crippen LogP contribution >= 0.6 is 0 Å². The molecule has 1 aromatic carbocycles. The van der Waals surface area contributed by atoms with Crippen molar-refractivity contribution >= 4 is 16.9 Å². The monoisotopic (exact) mass is 286 g/mol. The van der Waals surface area contributed by atoms with E-state index in [1.165, 1.54) is 10.9 Å². The van der Waals surface area contributed by atoms with Crippen molar-refractivity contribution in [2.75, 3.05) is 13.6 Å². The number of guanidine groups is 1. The summed E-state index contributed by atoms with van der Waals surface area (Å²) in [4.78, 5) is 4.25. The molecule has 2 N–H and O–H groups in total. The zero-order valence-electron chi connectivity index (χ0n) is 13.5. The van der Waals surface area contributed by atoms with E-state index >= 15 is 0 Å². The summed E-state index contributed by atoms with van der Waals surface area (Å²) in [5, 5.41) is 8.02. The van der Waals surface area contributed by atoms with Crippen LogP contribution in [0.2, 0.25) is 0 Å². The molecule has 0 bridgehead atoms. The summed E-state index contributed by atoms with van der Waals surface area (Å²) < 4.78 is 2.30. The molecule has 114 valence electrons. The van der Waals surface area contributed by atoms with E-state index in [1.54, 1.807) is 7.05 Å². The molecule has 4 heteroatoms. The molecule has 0 saturated heterocycles. The molecule has 0 atom stereocenters. The second-order valence-electron chi connectivity index (χ2n) is 6.30. The zero-order chi connectivity index (χ0) is 15.3. The summed E-state index contributed by atoms with van der Waals surface area (Å²) in [5.74, 6) is 0.861. The lowest BCUT2D eigenvalue weighted by Crippen LogP contribution is -2.47. The Hall–Kier alpha value is -1.97. The first-order valence-electron chi connectivity index (χ1n) is 7.52. The third-order valence-electron chi connectivity index (χ3n) is 3.27. The van der Waals surface area contributed by atoms with Gasteiger partial charge in [-0.3, -0.25) is 4.99 Å². The average molecular weight is 286 g/mol. The Morgan fingerprint density at radius 3 is 2.67 bits per heavy atom. The fraction of sp³-hybridized carbons (Fsp3) is 0.471. The molecule has 0 fully saturated rings. The van der Waals surface area contributed by atoms with E-state index in [-0.39, 0.29) is 5.54 Å². The number of aliphatic imine (C=N–C) groups is 1. The van der Waals surface area contributed by atoms with Gasteiger partial charge in [-0.2, -0.15) is 0 Å². The minimum atomic E-state index is 0.0263. The van der Waals surface area contributed by atoms with Gasteiger partial charge >= 0.3 is 0 Å². The molecule has 1 aromatic heterocycles. The van der Waals surface area contributed by atoms with E-state index in [0.717, 1.165) is 25.5 Å². The average Bonchev–Trinajstić information content (AvgIpc) is 2.84. The van der Waals surface area contributed by atoms with Gasteiger partial charge in [-0.15, -0.1) is 0 Å². The Bertz CT molecular complexity index is 605. The maximum absolute atomic E-state index is 4.25. The second-order valence-corrected chi connectivity index (χ2v) is 6.30. The van der Waals surface area contributed by atoms with Crippen LogP contribution in [0.5, 0.6) is 0 Å². The van der Waals surface area contributed by atoms with Gasteiger partial charge in [0, 0.05) is 37.4 Å². The van der Waals surface area contributed by atoms with Gasteiger partial charge in [-0.05, 0) is 44.7 Å². The Kier molecular flexibility index (Phi) is 4.89. The van der Waals surface area contributed by atoms with Gasteiger partial charge in [-0.25, -0.2) is 0 Å². The summed E-state index contributed by atoms with van der Waals surface area (Å²) in [6.07, 6.45) is 3.22. The van der Waals surface area contributed by atoms with Gasteiger partial charge in [0.25, 0.3) is 0 Å². The van der Waals surface area contributed by atoms with Crippen molar-refractivity contribution in [3.63, 3.8) is 0 Å². The van der Waals surface area contributed by atoms with Crippen LogP contribution in [0, 0.1) is 0 Å². The van der Waals surface area contributed by atoms with Gasteiger partial charge in [0.05, 0.1) is 0 Å². The topological polar surface area (TPSA) is 41.4 Å². The maximum atomic E-state index is 4.25. The second kappa shape index (κ2) is 6.66. The van der Waals surface area contributed by atoms with Crippen LogP contribution < -0.4 is 10.6 Å². The lowest BCUT2D eigenvalue weighted by molar-refractivity contribution is 0.499. The number of nitrogens with zero attached hydrogens (tertiary/aromatic N) is 2. The first-order chi connectivity index (χ1) is 9.99. The number of benzene rings is 1. The molecule has 2 aromatic rings. The van der Waals surface area contributed by atoms with Crippen LogP contribution in [0.1, 0.15) is 27.2 Å². The van der Waals surface area contributed by atoms with Crippen LogP contribution in [-0.2, 0) is 6.54 Å². The minimum absolute atomic E-state index is 0.0263. The smallest absolute Gasteiger partial charge is 0.191 e. The first kappa shape index (κ1) is 15.4. The molecular weight excluding hydrogens is 260 g/mol. The molecule has 0 aliphatic heterocycles. The van der Waals surface area contributed by atoms with Crippen molar-refractivity contribution in [3.05, 3.63) is 36.5 Å². The lowest BCUT2D eigenvalue weighted by atomic mass is 10.1. The van der Waals surface area contributed by atoms with Crippen molar-refractivity contribution in [1.82, 2.24) is 15.2 Å². The van der Waals surface area contributed by atoms with Crippen molar-refractivity contribution in [2.45, 2.75) is 39.3 Å². The van der Waals surface area contributed by atoms with E-state index in [4.69, 9.17) is 0 Å². The van der Waals surface area contributed by atoms with Crippen molar-refractivity contribution in [1.29, 1.82) is 0 Å². The number of rotatable bonds is 4. The number of hydrogen-bond acceptors (Lipinski definition) is 1. The van der Waals surface area contributed by atoms with Crippen molar-refractivity contribution in [2.24, 2.45) is 4.99 Å². The van der Waals surface area contributed by atoms with Crippen LogP contribution in [0.3, 0.4) is 0 Å². The summed E-state index contributed by atoms with van der Waals surface area (Å²) in [7, 11) is 1.81. The quantitative estimate of drug-likeness (QED) is 0.515. The highest BCUT2D eigenvalue weighted by Gasteiger charge is 2.11. The van der Waals surface area contributed by atoms with Crippen LogP contribution in [-0.4, -0.2) is 29.7 Å². The number of hydrogen-bond donors (Lipinski definition) is 2. The van der Waals surface area contributed by atoms with Crippen LogP contribution in [0.4, 0.5) is 0 Å². The Morgan fingerprint density at radius 1 is 1.19 bits per heavy atom. The molecule has 0 aliphatic carbocycles. The first-order valence-corrected chi connectivity index (χ1v) is 7.52. The normalized spacial score (nSPS) is 12.7. The number of para-hydroxylation sites is 1. The molecule has 0 unspecified atom stereocenters. The van der Waals surface area contributed by atoms with Gasteiger partial charge in [0.1, 0.15) is 0 Å². The minimum Gasteiger partial charge on any atom is -0.356 e. The van der Waals surface area contributed by atoms with Crippen molar-refractivity contribution in [3.8, 4) is 0 Å². The molecule has 0 saturated carbocycles. The van der Waals surface area contributed by atoms with Crippen LogP contribution in [0.25, 0.3) is 10.9 Å². The fourth-order valence-corrected chi connectivity index (χ4v) is 2.33. The highest BCUT2D eigenvalue weighted by Crippen LogP contribution is 2.15. The number of aryl methyl sites for hydroxylation is 1. The Balaban J connectivity index is 1.82. The number of nitrogens with one attached hydrogen (secondary N) is 2. The highest BCUT2D eigenvalue weighted by molar-refractivity contribution is 5.80. The number of fused-ring (bicyclic) bond motifs is 1. The summed E-state index contributed by atoms with van der Waals surface area (Å²) in [6.45, 7) is 8.30. The van der Waals surface area contributed by atoms with E-state index in [9.17, 15) is 0 Å². The summed E-state index contributed by atoms with van der Waals surface area (Å²) >= 11 is 0. The van der Waals surface area contributed by atoms with Crippen molar-refractivity contribution < 1.29 is 0 Å². The molecule has 0 spiro atoms. The lowest BCUT2D eigenvalue weighted by Gasteiger charge is -2.23. The highest BCUT2D eigenvalue weighted by atomic mass is 15.2. The zero-order valence-corrected chi connectivity index (χ0v) is 13.5. The molecule has 0 aliphatic rings. The Labute approximate surface area is 127 Å². The van der Waals surface area contributed by atoms with E-state index in [2.05, 4.69) is 77.5 Å². The summed E-state index contributed by atoms with van der Waals surface area (Å²) in [6, 6.07) is 10.7. The molecule has 0 amide bonds. The molecule has 1 heterocycles. The van der Waals surface area contributed by atoms with E-state index in [0.29, 0.717) is 0 Å². The molecule has 4 nitrogen and oxygen atoms in total. The van der Waals surface area contributed by atoms with Crippen LogP contribution in [0.15, 0.2) is 41.5 Å². The largest absolute Gasteiger partial charge is 0.356 e. The molecule has 21 heavy (non-hydrogen) atoms.